The first-order valence-corrected chi connectivity index (χ1v) is 4.26. The van der Waals surface area contributed by atoms with Crippen LogP contribution in [0.3, 0.4) is 0 Å². The van der Waals surface area contributed by atoms with E-state index in [1.54, 1.807) is 47.7 Å². The summed E-state index contributed by atoms with van der Waals surface area (Å²) < 4.78 is 1.72. The Labute approximate surface area is 81.2 Å². The molecule has 0 radical (unpaired) electrons. The van der Waals surface area contributed by atoms with Crippen LogP contribution in [0.4, 0.5) is 0 Å². The molecule has 2 heterocycles. The number of ketones is 1. The largest absolute Gasteiger partial charge is 0.330 e. The molecular weight excluding hydrogens is 178 g/mol. The highest BCUT2D eigenvalue weighted by Gasteiger charge is 2.06. The average molecular weight is 187 g/mol. The van der Waals surface area contributed by atoms with Crippen LogP contribution in [-0.2, 0) is 6.54 Å². The van der Waals surface area contributed by atoms with E-state index in [4.69, 9.17) is 0 Å². The molecule has 0 N–H and O–H groups in total. The Balaban J connectivity index is 2.11. The van der Waals surface area contributed by atoms with Gasteiger partial charge < -0.3 is 4.57 Å². The molecule has 0 atom stereocenters. The Morgan fingerprint density at radius 2 is 2.29 bits per heavy atom. The summed E-state index contributed by atoms with van der Waals surface area (Å²) >= 11 is 0. The molecule has 0 aliphatic heterocycles. The van der Waals surface area contributed by atoms with Gasteiger partial charge in [-0.15, -0.1) is 0 Å². The van der Waals surface area contributed by atoms with E-state index in [1.807, 2.05) is 0 Å². The first-order chi connectivity index (χ1) is 6.86. The van der Waals surface area contributed by atoms with Gasteiger partial charge in [-0.25, -0.2) is 4.98 Å². The number of Topliss-reactive ketones (excluding diaryl/α,β-unsaturated/α-hetero) is 1. The fraction of sp³-hybridized carbons (Fsp3) is 0.100. The van der Waals surface area contributed by atoms with Crippen LogP contribution in [0, 0.1) is 0 Å². The van der Waals surface area contributed by atoms with E-state index in [1.165, 1.54) is 0 Å². The molecule has 2 aromatic rings. The van der Waals surface area contributed by atoms with E-state index in [0.717, 1.165) is 0 Å². The van der Waals surface area contributed by atoms with Gasteiger partial charge in [-0.05, 0) is 12.1 Å². The molecule has 14 heavy (non-hydrogen) atoms. The zero-order valence-corrected chi connectivity index (χ0v) is 7.50. The highest BCUT2D eigenvalue weighted by Crippen LogP contribution is 1.98. The molecule has 0 amide bonds. The number of hydrogen-bond donors (Lipinski definition) is 0. The van der Waals surface area contributed by atoms with Crippen LogP contribution in [0.2, 0.25) is 0 Å². The van der Waals surface area contributed by atoms with Crippen molar-refractivity contribution in [2.75, 3.05) is 0 Å². The molecule has 0 saturated heterocycles. The molecule has 0 aliphatic carbocycles. The van der Waals surface area contributed by atoms with E-state index in [2.05, 4.69) is 9.97 Å². The molecule has 2 rings (SSSR count). The summed E-state index contributed by atoms with van der Waals surface area (Å²) in [6, 6.07) is 5.29. The number of nitrogens with zero attached hydrogens (tertiary/aromatic N) is 3. The van der Waals surface area contributed by atoms with Crippen molar-refractivity contribution in [1.82, 2.24) is 14.5 Å². The van der Waals surface area contributed by atoms with E-state index >= 15 is 0 Å². The van der Waals surface area contributed by atoms with Crippen LogP contribution in [0.1, 0.15) is 10.5 Å². The third-order valence-corrected chi connectivity index (χ3v) is 1.84. The summed E-state index contributed by atoms with van der Waals surface area (Å²) in [7, 11) is 0. The van der Waals surface area contributed by atoms with Gasteiger partial charge in [0.15, 0.2) is 0 Å². The minimum atomic E-state index is -0.0106. The van der Waals surface area contributed by atoms with Crippen LogP contribution < -0.4 is 0 Å². The van der Waals surface area contributed by atoms with Crippen molar-refractivity contribution in [3.8, 4) is 0 Å². The molecule has 70 valence electrons. The Morgan fingerprint density at radius 3 is 2.93 bits per heavy atom. The monoisotopic (exact) mass is 187 g/mol. The van der Waals surface area contributed by atoms with Gasteiger partial charge in [-0.1, -0.05) is 6.07 Å². The second kappa shape index (κ2) is 3.83. The van der Waals surface area contributed by atoms with E-state index < -0.39 is 0 Å². The van der Waals surface area contributed by atoms with E-state index in [0.29, 0.717) is 5.69 Å². The maximum Gasteiger partial charge on any atom is 0.200 e. The predicted octanol–water partition coefficient (Wildman–Crippen LogP) is 1.16. The molecular formula is C10H9N3O. The summed E-state index contributed by atoms with van der Waals surface area (Å²) in [4.78, 5) is 19.4. The molecule has 0 aliphatic rings. The number of rotatable bonds is 3. The Kier molecular flexibility index (Phi) is 2.36. The third-order valence-electron chi connectivity index (χ3n) is 1.84. The summed E-state index contributed by atoms with van der Waals surface area (Å²) in [6.45, 7) is 0.289. The average Bonchev–Trinajstić information content (AvgIpc) is 2.72. The SMILES string of the molecule is O=C(Cn1ccnc1)c1ccccn1. The van der Waals surface area contributed by atoms with E-state index in [9.17, 15) is 4.79 Å². The highest BCUT2D eigenvalue weighted by atomic mass is 16.1. The highest BCUT2D eigenvalue weighted by molar-refractivity contribution is 5.93. The van der Waals surface area contributed by atoms with Gasteiger partial charge in [-0.3, -0.25) is 9.78 Å². The summed E-state index contributed by atoms with van der Waals surface area (Å²) in [5.41, 5.74) is 0.487. The van der Waals surface area contributed by atoms with Crippen LogP contribution >= 0.6 is 0 Å². The quantitative estimate of drug-likeness (QED) is 0.677. The van der Waals surface area contributed by atoms with Crippen molar-refractivity contribution < 1.29 is 4.79 Å². The van der Waals surface area contributed by atoms with Gasteiger partial charge in [0.05, 0.1) is 12.9 Å². The van der Waals surface area contributed by atoms with Gasteiger partial charge in [0.1, 0.15) is 5.69 Å². The molecule has 0 spiro atoms. The minimum Gasteiger partial charge on any atom is -0.330 e. The Bertz CT molecular complexity index is 408. The maximum absolute atomic E-state index is 11.6. The zero-order valence-electron chi connectivity index (χ0n) is 7.50. The van der Waals surface area contributed by atoms with Crippen molar-refractivity contribution in [3.63, 3.8) is 0 Å². The lowest BCUT2D eigenvalue weighted by Gasteiger charge is -1.99. The van der Waals surface area contributed by atoms with Gasteiger partial charge in [0.25, 0.3) is 0 Å². The lowest BCUT2D eigenvalue weighted by atomic mass is 10.2. The van der Waals surface area contributed by atoms with Crippen LogP contribution in [0.25, 0.3) is 0 Å². The lowest BCUT2D eigenvalue weighted by Crippen LogP contribution is -2.10. The molecule has 0 unspecified atom stereocenters. The van der Waals surface area contributed by atoms with Crippen molar-refractivity contribution in [1.29, 1.82) is 0 Å². The second-order valence-corrected chi connectivity index (χ2v) is 2.87. The number of carbonyl (C=O) groups excluding carboxylic acids is 1. The van der Waals surface area contributed by atoms with Crippen LogP contribution in [0.15, 0.2) is 43.1 Å². The first kappa shape index (κ1) is 8.62. The molecule has 4 nitrogen and oxygen atoms in total. The van der Waals surface area contributed by atoms with Crippen molar-refractivity contribution in [2.24, 2.45) is 0 Å². The molecule has 0 aromatic carbocycles. The maximum atomic E-state index is 11.6. The second-order valence-electron chi connectivity index (χ2n) is 2.87. The molecule has 0 bridgehead atoms. The topological polar surface area (TPSA) is 47.8 Å². The number of imidazole rings is 1. The van der Waals surface area contributed by atoms with Gasteiger partial charge in [-0.2, -0.15) is 0 Å². The third kappa shape index (κ3) is 1.85. The predicted molar refractivity (Wildman–Crippen MR) is 50.8 cm³/mol. The van der Waals surface area contributed by atoms with Gasteiger partial charge in [0, 0.05) is 18.6 Å². The molecule has 4 heteroatoms. The standard InChI is InChI=1S/C10H9N3O/c14-10(7-13-6-5-11-8-13)9-3-1-2-4-12-9/h1-6,8H,7H2. The molecule has 2 aromatic heterocycles. The first-order valence-electron chi connectivity index (χ1n) is 4.26. The molecule has 0 saturated carbocycles. The van der Waals surface area contributed by atoms with Gasteiger partial charge in [0.2, 0.25) is 5.78 Å². The smallest absolute Gasteiger partial charge is 0.200 e. The number of hydrogen-bond acceptors (Lipinski definition) is 3. The summed E-state index contributed by atoms with van der Waals surface area (Å²) in [5.74, 6) is -0.0106. The summed E-state index contributed by atoms with van der Waals surface area (Å²) in [6.07, 6.45) is 6.62. The van der Waals surface area contributed by atoms with Crippen molar-refractivity contribution in [2.45, 2.75) is 6.54 Å². The van der Waals surface area contributed by atoms with Gasteiger partial charge >= 0.3 is 0 Å². The number of pyridine rings is 1. The molecule has 0 fully saturated rings. The Hall–Kier alpha value is -1.97. The van der Waals surface area contributed by atoms with Crippen LogP contribution in [-0.4, -0.2) is 20.3 Å². The Morgan fingerprint density at radius 1 is 1.36 bits per heavy atom. The number of carbonyl (C=O) groups is 1. The minimum absolute atomic E-state index is 0.0106. The fourth-order valence-corrected chi connectivity index (χ4v) is 1.15. The zero-order chi connectivity index (χ0) is 9.80. The fourth-order valence-electron chi connectivity index (χ4n) is 1.15. The normalized spacial score (nSPS) is 10.0. The van der Waals surface area contributed by atoms with E-state index in [-0.39, 0.29) is 12.3 Å². The van der Waals surface area contributed by atoms with Crippen molar-refractivity contribution >= 4 is 5.78 Å². The van der Waals surface area contributed by atoms with Crippen LogP contribution in [0.5, 0.6) is 0 Å². The van der Waals surface area contributed by atoms with Crippen molar-refractivity contribution in [3.05, 3.63) is 48.8 Å². The number of aromatic nitrogens is 3. The lowest BCUT2D eigenvalue weighted by molar-refractivity contribution is 0.0967. The summed E-state index contributed by atoms with van der Waals surface area (Å²) in [5, 5.41) is 0.